The molecule has 0 bridgehead atoms. The van der Waals surface area contributed by atoms with Crippen LogP contribution in [0.1, 0.15) is 18.1 Å². The van der Waals surface area contributed by atoms with Crippen molar-refractivity contribution in [2.75, 3.05) is 7.11 Å². The monoisotopic (exact) mass is 194 g/mol. The lowest BCUT2D eigenvalue weighted by molar-refractivity contribution is 0.0984. The molecular weight excluding hydrogens is 179 g/mol. The minimum atomic E-state index is -1.25. The summed E-state index contributed by atoms with van der Waals surface area (Å²) in [5.74, 6) is 0. The van der Waals surface area contributed by atoms with Crippen LogP contribution in [0.3, 0.4) is 0 Å². The van der Waals surface area contributed by atoms with E-state index < -0.39 is 7.12 Å². The SMILES string of the molecule is COC(CCB(O)O)c1ccccc1. The van der Waals surface area contributed by atoms with Gasteiger partial charge in [-0.2, -0.15) is 0 Å². The summed E-state index contributed by atoms with van der Waals surface area (Å²) in [6.45, 7) is 0. The highest BCUT2D eigenvalue weighted by atomic mass is 16.5. The lowest BCUT2D eigenvalue weighted by atomic mass is 9.82. The van der Waals surface area contributed by atoms with E-state index in [1.165, 1.54) is 0 Å². The molecule has 0 aromatic heterocycles. The van der Waals surface area contributed by atoms with Crippen LogP contribution >= 0.6 is 0 Å². The summed E-state index contributed by atoms with van der Waals surface area (Å²) < 4.78 is 5.26. The Morgan fingerprint density at radius 2 is 1.93 bits per heavy atom. The Hall–Kier alpha value is -0.835. The number of methoxy groups -OCH3 is 1. The Labute approximate surface area is 84.5 Å². The molecule has 0 spiro atoms. The van der Waals surface area contributed by atoms with Crippen molar-refractivity contribution in [3.05, 3.63) is 35.9 Å². The maximum Gasteiger partial charge on any atom is 0.451 e. The highest BCUT2D eigenvalue weighted by Gasteiger charge is 2.14. The van der Waals surface area contributed by atoms with Crippen LogP contribution in [0.15, 0.2) is 30.3 Å². The van der Waals surface area contributed by atoms with Crippen LogP contribution < -0.4 is 0 Å². The lowest BCUT2D eigenvalue weighted by Crippen LogP contribution is -2.13. The minimum Gasteiger partial charge on any atom is -0.427 e. The number of hydrogen-bond donors (Lipinski definition) is 2. The van der Waals surface area contributed by atoms with E-state index in [0.717, 1.165) is 5.56 Å². The van der Waals surface area contributed by atoms with Gasteiger partial charge in [-0.1, -0.05) is 30.3 Å². The zero-order chi connectivity index (χ0) is 10.4. The van der Waals surface area contributed by atoms with Crippen LogP contribution in [0.2, 0.25) is 6.32 Å². The summed E-state index contributed by atoms with van der Waals surface area (Å²) in [4.78, 5) is 0. The Morgan fingerprint density at radius 3 is 2.43 bits per heavy atom. The third-order valence-electron chi connectivity index (χ3n) is 2.14. The van der Waals surface area contributed by atoms with Gasteiger partial charge in [0.1, 0.15) is 0 Å². The number of ether oxygens (including phenoxy) is 1. The predicted octanol–water partition coefficient (Wildman–Crippen LogP) is 1.24. The number of benzene rings is 1. The maximum atomic E-state index is 8.74. The molecule has 1 rings (SSSR count). The zero-order valence-electron chi connectivity index (χ0n) is 8.26. The van der Waals surface area contributed by atoms with Gasteiger partial charge in [-0.25, -0.2) is 0 Å². The van der Waals surface area contributed by atoms with Gasteiger partial charge in [-0.05, 0) is 18.3 Å². The van der Waals surface area contributed by atoms with Crippen LogP contribution in [-0.4, -0.2) is 24.3 Å². The fraction of sp³-hybridized carbons (Fsp3) is 0.400. The summed E-state index contributed by atoms with van der Waals surface area (Å²) >= 11 is 0. The zero-order valence-corrected chi connectivity index (χ0v) is 8.26. The van der Waals surface area contributed by atoms with E-state index in [-0.39, 0.29) is 6.10 Å². The van der Waals surface area contributed by atoms with Crippen molar-refractivity contribution >= 4 is 7.12 Å². The summed E-state index contributed by atoms with van der Waals surface area (Å²) in [5.41, 5.74) is 1.07. The van der Waals surface area contributed by atoms with E-state index in [2.05, 4.69) is 0 Å². The first kappa shape index (κ1) is 11.2. The second-order valence-electron chi connectivity index (χ2n) is 3.19. The van der Waals surface area contributed by atoms with E-state index in [0.29, 0.717) is 12.7 Å². The molecule has 0 heterocycles. The molecule has 3 nitrogen and oxygen atoms in total. The Balaban J connectivity index is 2.54. The van der Waals surface area contributed by atoms with E-state index in [4.69, 9.17) is 14.8 Å². The van der Waals surface area contributed by atoms with E-state index in [1.54, 1.807) is 7.11 Å². The fourth-order valence-electron chi connectivity index (χ4n) is 1.39. The predicted molar refractivity (Wildman–Crippen MR) is 55.8 cm³/mol. The quantitative estimate of drug-likeness (QED) is 0.693. The van der Waals surface area contributed by atoms with Crippen molar-refractivity contribution in [3.63, 3.8) is 0 Å². The third-order valence-corrected chi connectivity index (χ3v) is 2.14. The molecule has 0 saturated heterocycles. The first-order valence-electron chi connectivity index (χ1n) is 4.68. The topological polar surface area (TPSA) is 49.7 Å². The molecule has 2 N–H and O–H groups in total. The molecule has 0 saturated carbocycles. The Kier molecular flexibility index (Phi) is 4.66. The summed E-state index contributed by atoms with van der Waals surface area (Å²) in [6.07, 6.45) is 0.879. The Bertz CT molecular complexity index is 251. The summed E-state index contributed by atoms with van der Waals surface area (Å²) in [7, 11) is 0.373. The second kappa shape index (κ2) is 5.80. The molecule has 0 fully saturated rings. The first-order chi connectivity index (χ1) is 6.74. The largest absolute Gasteiger partial charge is 0.451 e. The number of rotatable bonds is 5. The van der Waals surface area contributed by atoms with Gasteiger partial charge in [-0.3, -0.25) is 0 Å². The fourth-order valence-corrected chi connectivity index (χ4v) is 1.39. The van der Waals surface area contributed by atoms with Crippen molar-refractivity contribution in [1.29, 1.82) is 0 Å². The third kappa shape index (κ3) is 3.50. The number of hydrogen-bond acceptors (Lipinski definition) is 3. The highest BCUT2D eigenvalue weighted by molar-refractivity contribution is 6.40. The van der Waals surface area contributed by atoms with Gasteiger partial charge >= 0.3 is 7.12 Å². The molecule has 0 aliphatic carbocycles. The second-order valence-corrected chi connectivity index (χ2v) is 3.19. The lowest BCUT2D eigenvalue weighted by Gasteiger charge is -2.15. The minimum absolute atomic E-state index is 0.0574. The molecule has 14 heavy (non-hydrogen) atoms. The molecule has 1 aromatic carbocycles. The first-order valence-corrected chi connectivity index (χ1v) is 4.68. The molecule has 0 radical (unpaired) electrons. The van der Waals surface area contributed by atoms with Gasteiger partial charge in [-0.15, -0.1) is 0 Å². The summed E-state index contributed by atoms with van der Waals surface area (Å²) in [5, 5.41) is 17.5. The average Bonchev–Trinajstić information content (AvgIpc) is 2.20. The van der Waals surface area contributed by atoms with Gasteiger partial charge in [0.15, 0.2) is 0 Å². The normalized spacial score (nSPS) is 12.5. The standard InChI is InChI=1S/C10H15BO3/c1-14-10(7-8-11(12)13)9-5-3-2-4-6-9/h2-6,10,12-13H,7-8H2,1H3. The molecule has 1 atom stereocenters. The molecule has 4 heteroatoms. The highest BCUT2D eigenvalue weighted by Crippen LogP contribution is 2.21. The Morgan fingerprint density at radius 1 is 1.29 bits per heavy atom. The van der Waals surface area contributed by atoms with Crippen LogP contribution in [0, 0.1) is 0 Å². The molecule has 1 aromatic rings. The average molecular weight is 194 g/mol. The van der Waals surface area contributed by atoms with Gasteiger partial charge in [0.05, 0.1) is 6.10 Å². The molecular formula is C10H15BO3. The van der Waals surface area contributed by atoms with Crippen LogP contribution in [0.5, 0.6) is 0 Å². The van der Waals surface area contributed by atoms with Crippen molar-refractivity contribution in [1.82, 2.24) is 0 Å². The maximum absolute atomic E-state index is 8.74. The molecule has 0 aliphatic heterocycles. The van der Waals surface area contributed by atoms with Crippen molar-refractivity contribution in [2.45, 2.75) is 18.8 Å². The van der Waals surface area contributed by atoms with Crippen molar-refractivity contribution < 1.29 is 14.8 Å². The van der Waals surface area contributed by atoms with E-state index in [9.17, 15) is 0 Å². The van der Waals surface area contributed by atoms with E-state index >= 15 is 0 Å². The van der Waals surface area contributed by atoms with Crippen LogP contribution in [-0.2, 0) is 4.74 Å². The van der Waals surface area contributed by atoms with Crippen LogP contribution in [0.25, 0.3) is 0 Å². The smallest absolute Gasteiger partial charge is 0.427 e. The van der Waals surface area contributed by atoms with Crippen molar-refractivity contribution in [2.24, 2.45) is 0 Å². The van der Waals surface area contributed by atoms with Gasteiger partial charge < -0.3 is 14.8 Å². The molecule has 76 valence electrons. The van der Waals surface area contributed by atoms with Gasteiger partial charge in [0, 0.05) is 7.11 Å². The van der Waals surface area contributed by atoms with Crippen molar-refractivity contribution in [3.8, 4) is 0 Å². The molecule has 1 unspecified atom stereocenters. The van der Waals surface area contributed by atoms with Crippen LogP contribution in [0.4, 0.5) is 0 Å². The molecule has 0 aliphatic rings. The molecule has 0 amide bonds. The van der Waals surface area contributed by atoms with E-state index in [1.807, 2.05) is 30.3 Å². The van der Waals surface area contributed by atoms with Gasteiger partial charge in [0.25, 0.3) is 0 Å². The summed E-state index contributed by atoms with van der Waals surface area (Å²) in [6, 6.07) is 9.76. The van der Waals surface area contributed by atoms with Gasteiger partial charge in [0.2, 0.25) is 0 Å².